The van der Waals surface area contributed by atoms with Gasteiger partial charge in [0.15, 0.2) is 0 Å². The van der Waals surface area contributed by atoms with Crippen molar-refractivity contribution in [1.29, 1.82) is 0 Å². The molecule has 9 aromatic rings. The molecule has 0 fully saturated rings. The fraction of sp³-hybridized carbons (Fsp3) is 0. The van der Waals surface area contributed by atoms with Crippen molar-refractivity contribution < 1.29 is 49.8 Å². The first-order valence-electron chi connectivity index (χ1n) is 16.0. The minimum absolute atomic E-state index is 0. The van der Waals surface area contributed by atoms with Gasteiger partial charge in [-0.05, 0) is 28.7 Å². The minimum atomic E-state index is -0.964. The van der Waals surface area contributed by atoms with Gasteiger partial charge in [0, 0.05) is 35.7 Å². The molecule has 0 atom stereocenters. The first-order chi connectivity index (χ1) is 26.2. The van der Waals surface area contributed by atoms with Crippen LogP contribution in [0.25, 0.3) is 62.0 Å². The van der Waals surface area contributed by atoms with Crippen molar-refractivity contribution in [2.45, 2.75) is 0 Å². The normalized spacial score (nSPS) is 10.5. The van der Waals surface area contributed by atoms with Crippen molar-refractivity contribution in [2.24, 2.45) is 0 Å². The van der Waals surface area contributed by atoms with Crippen LogP contribution in [0.5, 0.6) is 0 Å². The van der Waals surface area contributed by atoms with Crippen LogP contribution < -0.4 is 0 Å². The molecule has 13 heteroatoms. The Labute approximate surface area is 339 Å². The van der Waals surface area contributed by atoms with Gasteiger partial charge in [-0.15, -0.1) is 70.8 Å². The second-order valence-corrected chi connectivity index (χ2v) is 14.5. The summed E-state index contributed by atoms with van der Waals surface area (Å²) in [6.45, 7) is 0. The van der Waals surface area contributed by atoms with E-state index < -0.39 is 17.9 Å². The van der Waals surface area contributed by atoms with Crippen LogP contribution in [0.1, 0.15) is 31.1 Å². The number of rotatable bonds is 6. The predicted molar refractivity (Wildman–Crippen MR) is 213 cm³/mol. The number of fused-ring (bicyclic) bond motifs is 3. The molecule has 0 spiro atoms. The fourth-order valence-corrected chi connectivity index (χ4v) is 8.01. The summed E-state index contributed by atoms with van der Waals surface area (Å²) in [7, 11) is 0. The molecule has 9 rings (SSSR count). The van der Waals surface area contributed by atoms with E-state index in [0.29, 0.717) is 0 Å². The Morgan fingerprint density at radius 1 is 0.418 bits per heavy atom. The SMILES string of the molecule is O=C(O)c1ccc(-c2[c-]c3ccccc3s2)nc1.O=C(O)c1ccc(-c2[c-]c3ccccc3s2)nc1.O=C(O)c1ccc(-c2[c-]c3ccccc3s2)nc1.[Ir+3]. The summed E-state index contributed by atoms with van der Waals surface area (Å²) in [6.07, 6.45) is 4.11. The van der Waals surface area contributed by atoms with Crippen LogP contribution in [-0.4, -0.2) is 48.2 Å². The molecule has 0 aliphatic rings. The molecule has 55 heavy (non-hydrogen) atoms. The van der Waals surface area contributed by atoms with Crippen LogP contribution in [0.2, 0.25) is 0 Å². The maximum atomic E-state index is 10.7. The van der Waals surface area contributed by atoms with E-state index in [0.717, 1.165) is 62.0 Å². The second kappa shape index (κ2) is 17.5. The summed E-state index contributed by atoms with van der Waals surface area (Å²) < 4.78 is 3.45. The molecule has 0 bridgehead atoms. The van der Waals surface area contributed by atoms with Crippen LogP contribution in [-0.2, 0) is 20.1 Å². The summed E-state index contributed by atoms with van der Waals surface area (Å²) in [5, 5.41) is 29.6. The molecular weight excluding hydrogens is 931 g/mol. The summed E-state index contributed by atoms with van der Waals surface area (Å²) in [5.41, 5.74) is 2.84. The molecular formula is C42H24IrN3O6S3. The summed E-state index contributed by atoms with van der Waals surface area (Å²) in [4.78, 5) is 47.5. The van der Waals surface area contributed by atoms with Crippen LogP contribution in [0, 0.1) is 18.2 Å². The zero-order chi connectivity index (χ0) is 37.6. The molecule has 3 N–H and O–H groups in total. The number of carboxylic acid groups (broad SMARTS) is 3. The maximum Gasteiger partial charge on any atom is 3.00 e. The van der Waals surface area contributed by atoms with Gasteiger partial charge >= 0.3 is 38.0 Å². The number of carbonyl (C=O) groups is 3. The molecule has 9 nitrogen and oxygen atoms in total. The Balaban J connectivity index is 0.000000139. The van der Waals surface area contributed by atoms with Crippen molar-refractivity contribution in [2.75, 3.05) is 0 Å². The molecule has 0 saturated heterocycles. The molecule has 6 aromatic heterocycles. The van der Waals surface area contributed by atoms with Gasteiger partial charge in [-0.3, -0.25) is 0 Å². The number of pyridine rings is 3. The van der Waals surface area contributed by atoms with Crippen molar-refractivity contribution in [1.82, 2.24) is 15.0 Å². The molecule has 0 aliphatic carbocycles. The van der Waals surface area contributed by atoms with Crippen molar-refractivity contribution >= 4 is 82.2 Å². The predicted octanol–water partition coefficient (Wildman–Crippen LogP) is 10.4. The van der Waals surface area contributed by atoms with Crippen LogP contribution in [0.3, 0.4) is 0 Å². The zero-order valence-electron chi connectivity index (χ0n) is 28.1. The van der Waals surface area contributed by atoms with E-state index in [1.807, 2.05) is 72.8 Å². The fourth-order valence-electron chi connectivity index (χ4n) is 5.06. The number of hydrogen-bond donors (Lipinski definition) is 3. The van der Waals surface area contributed by atoms with E-state index in [1.165, 1.54) is 18.6 Å². The molecule has 6 heterocycles. The van der Waals surface area contributed by atoms with Gasteiger partial charge in [-0.2, -0.15) is 0 Å². The summed E-state index contributed by atoms with van der Waals surface area (Å²) in [5.74, 6) is -2.89. The first-order valence-corrected chi connectivity index (χ1v) is 18.5. The topological polar surface area (TPSA) is 151 Å². The Hall–Kier alpha value is -5.95. The van der Waals surface area contributed by atoms with E-state index >= 15 is 0 Å². The van der Waals surface area contributed by atoms with E-state index in [9.17, 15) is 14.4 Å². The number of thiophene rings is 3. The largest absolute Gasteiger partial charge is 3.00 e. The van der Waals surface area contributed by atoms with Gasteiger partial charge in [-0.1, -0.05) is 72.8 Å². The molecule has 3 aromatic carbocycles. The monoisotopic (exact) mass is 955 g/mol. The minimum Gasteiger partial charge on any atom is -0.478 e. The number of benzene rings is 3. The van der Waals surface area contributed by atoms with Crippen LogP contribution in [0.4, 0.5) is 0 Å². The van der Waals surface area contributed by atoms with E-state index in [4.69, 9.17) is 15.3 Å². The Bertz CT molecular complexity index is 2360. The average molecular weight is 955 g/mol. The third kappa shape index (κ3) is 9.23. The van der Waals surface area contributed by atoms with E-state index in [2.05, 4.69) is 33.2 Å². The van der Waals surface area contributed by atoms with E-state index in [1.54, 1.807) is 70.4 Å². The Morgan fingerprint density at radius 3 is 0.909 bits per heavy atom. The number of hydrogen-bond acceptors (Lipinski definition) is 9. The van der Waals surface area contributed by atoms with Gasteiger partial charge < -0.3 is 30.3 Å². The molecule has 0 radical (unpaired) electrons. The number of carboxylic acids is 3. The van der Waals surface area contributed by atoms with Crippen LogP contribution in [0.15, 0.2) is 128 Å². The van der Waals surface area contributed by atoms with Gasteiger partial charge in [0.1, 0.15) is 0 Å². The molecule has 0 unspecified atom stereocenters. The van der Waals surface area contributed by atoms with Crippen molar-refractivity contribution in [3.63, 3.8) is 0 Å². The Kier molecular flexibility index (Phi) is 12.3. The molecule has 0 amide bonds. The van der Waals surface area contributed by atoms with Gasteiger partial charge in [0.05, 0.1) is 16.7 Å². The number of aromatic nitrogens is 3. The smallest absolute Gasteiger partial charge is 0.478 e. The third-order valence-electron chi connectivity index (χ3n) is 7.77. The molecule has 0 saturated carbocycles. The van der Waals surface area contributed by atoms with E-state index in [-0.39, 0.29) is 36.8 Å². The quantitative estimate of drug-likeness (QED) is 0.138. The van der Waals surface area contributed by atoms with Crippen molar-refractivity contribution in [3.05, 3.63) is 163 Å². The molecule has 270 valence electrons. The van der Waals surface area contributed by atoms with Gasteiger partial charge in [-0.25, -0.2) is 48.4 Å². The summed E-state index contributed by atoms with van der Waals surface area (Å²) >= 11 is 4.80. The first kappa shape index (κ1) is 38.8. The summed E-state index contributed by atoms with van der Waals surface area (Å²) in [6, 6.07) is 43.6. The standard InChI is InChI=1S/3C14H8NO2S.Ir/c3*16-14(17)10-5-6-11(15-8-10)13-7-9-3-1-2-4-12(9)18-13;/h3*1-6,8H,(H,16,17);/q3*-1;+3. The number of aromatic carboxylic acids is 3. The maximum absolute atomic E-state index is 10.7. The second-order valence-electron chi connectivity index (χ2n) is 11.4. The van der Waals surface area contributed by atoms with Crippen LogP contribution >= 0.6 is 34.0 Å². The zero-order valence-corrected chi connectivity index (χ0v) is 32.9. The van der Waals surface area contributed by atoms with Gasteiger partial charge in [0.2, 0.25) is 0 Å². The Morgan fingerprint density at radius 2 is 0.691 bits per heavy atom. The third-order valence-corrected chi connectivity index (χ3v) is 11.0. The number of nitrogens with zero attached hydrogens (tertiary/aromatic N) is 3. The van der Waals surface area contributed by atoms with Gasteiger partial charge in [0.25, 0.3) is 0 Å². The molecule has 0 aliphatic heterocycles. The average Bonchev–Trinajstić information content (AvgIpc) is 3.96. The van der Waals surface area contributed by atoms with Crippen molar-refractivity contribution in [3.8, 4) is 31.7 Å².